The highest BCUT2D eigenvalue weighted by molar-refractivity contribution is 6.29. The number of rotatable bonds is 5. The number of aryl methyl sites for hydroxylation is 2. The van der Waals surface area contributed by atoms with Crippen LogP contribution in [-0.4, -0.2) is 66.5 Å². The molecule has 0 atom stereocenters. The monoisotopic (exact) mass is 418 g/mol. The minimum absolute atomic E-state index is 0.283. The second kappa shape index (κ2) is 7.96. The third-order valence-corrected chi connectivity index (χ3v) is 5.57. The molecular weight excluding hydrogens is 396 g/mol. The van der Waals surface area contributed by atoms with E-state index in [0.29, 0.717) is 22.9 Å². The minimum atomic E-state index is -0.327. The van der Waals surface area contributed by atoms with Crippen molar-refractivity contribution in [2.45, 2.75) is 13.0 Å². The lowest BCUT2D eigenvalue weighted by Gasteiger charge is -2.35. The first-order chi connectivity index (χ1) is 14.0. The van der Waals surface area contributed by atoms with Crippen molar-refractivity contribution in [3.8, 4) is 0 Å². The average Bonchev–Trinajstić information content (AvgIpc) is 3.12. The number of halogens is 1. The van der Waals surface area contributed by atoms with E-state index < -0.39 is 0 Å². The van der Waals surface area contributed by atoms with Crippen LogP contribution < -0.4 is 16.1 Å². The van der Waals surface area contributed by atoms with Crippen LogP contribution in [0.2, 0.25) is 5.15 Å². The summed E-state index contributed by atoms with van der Waals surface area (Å²) in [6.07, 6.45) is 2.28. The van der Waals surface area contributed by atoms with Crippen LogP contribution in [0.5, 0.6) is 0 Å². The number of imidazole rings is 1. The van der Waals surface area contributed by atoms with Crippen LogP contribution in [0.1, 0.15) is 6.42 Å². The van der Waals surface area contributed by atoms with Crippen LogP contribution in [0.15, 0.2) is 28.0 Å². The van der Waals surface area contributed by atoms with Gasteiger partial charge in [0.1, 0.15) is 0 Å². The van der Waals surface area contributed by atoms with E-state index in [1.165, 1.54) is 9.13 Å². The fourth-order valence-electron chi connectivity index (χ4n) is 3.72. The number of anilines is 1. The SMILES string of the molecule is Cn1cnc2c1c(=O)n(CCCN1CCN(c3ccc(Cl)nn3)CC1)c(=O)n2C. The third-order valence-electron chi connectivity index (χ3n) is 5.37. The van der Waals surface area contributed by atoms with Gasteiger partial charge < -0.3 is 9.47 Å². The summed E-state index contributed by atoms with van der Waals surface area (Å²) in [4.78, 5) is 34.0. The summed E-state index contributed by atoms with van der Waals surface area (Å²) >= 11 is 5.79. The standard InChI is InChI=1S/C18H23ClN8O2/c1-23-12-20-16-15(23)17(28)27(18(29)24(16)2)7-3-6-25-8-10-26(11-9-25)14-5-4-13(19)21-22-14/h4-5,12H,3,6-11H2,1-2H3. The normalized spacial score (nSPS) is 15.3. The molecule has 0 radical (unpaired) electrons. The second-order valence-electron chi connectivity index (χ2n) is 7.22. The molecule has 0 bridgehead atoms. The molecule has 4 rings (SSSR count). The van der Waals surface area contributed by atoms with Gasteiger partial charge in [-0.2, -0.15) is 0 Å². The smallest absolute Gasteiger partial charge is 0.332 e. The predicted octanol–water partition coefficient (Wildman–Crippen LogP) is 0.0894. The van der Waals surface area contributed by atoms with Crippen molar-refractivity contribution in [2.75, 3.05) is 37.6 Å². The molecule has 11 heteroatoms. The highest BCUT2D eigenvalue weighted by Crippen LogP contribution is 2.14. The number of nitrogens with zero attached hydrogens (tertiary/aromatic N) is 8. The lowest BCUT2D eigenvalue weighted by molar-refractivity contribution is 0.248. The highest BCUT2D eigenvalue weighted by Gasteiger charge is 2.19. The van der Waals surface area contributed by atoms with Gasteiger partial charge in [0.2, 0.25) is 0 Å². The highest BCUT2D eigenvalue weighted by atomic mass is 35.5. The van der Waals surface area contributed by atoms with Crippen LogP contribution in [0.25, 0.3) is 11.2 Å². The van der Waals surface area contributed by atoms with Crippen molar-refractivity contribution >= 4 is 28.6 Å². The largest absolute Gasteiger partial charge is 0.353 e. The molecule has 0 unspecified atom stereocenters. The summed E-state index contributed by atoms with van der Waals surface area (Å²) in [5, 5.41) is 8.41. The maximum atomic E-state index is 12.7. The Bertz CT molecular complexity index is 1130. The van der Waals surface area contributed by atoms with Crippen molar-refractivity contribution in [2.24, 2.45) is 14.1 Å². The molecule has 29 heavy (non-hydrogen) atoms. The van der Waals surface area contributed by atoms with Crippen molar-refractivity contribution in [3.05, 3.63) is 44.5 Å². The van der Waals surface area contributed by atoms with E-state index in [1.807, 2.05) is 6.07 Å². The van der Waals surface area contributed by atoms with Crippen molar-refractivity contribution in [1.29, 1.82) is 0 Å². The molecule has 4 heterocycles. The molecule has 0 aromatic carbocycles. The van der Waals surface area contributed by atoms with Gasteiger partial charge in [-0.05, 0) is 25.1 Å². The van der Waals surface area contributed by atoms with Gasteiger partial charge in [0.25, 0.3) is 5.56 Å². The Morgan fingerprint density at radius 3 is 2.48 bits per heavy atom. The lowest BCUT2D eigenvalue weighted by Crippen LogP contribution is -2.47. The van der Waals surface area contributed by atoms with Gasteiger partial charge in [-0.1, -0.05) is 11.6 Å². The fourth-order valence-corrected chi connectivity index (χ4v) is 3.82. The van der Waals surface area contributed by atoms with Gasteiger partial charge >= 0.3 is 5.69 Å². The molecule has 3 aromatic heterocycles. The maximum Gasteiger partial charge on any atom is 0.332 e. The minimum Gasteiger partial charge on any atom is -0.353 e. The number of aromatic nitrogens is 6. The first-order valence-electron chi connectivity index (χ1n) is 9.53. The number of piperazine rings is 1. The summed E-state index contributed by atoms with van der Waals surface area (Å²) in [5.74, 6) is 0.827. The fraction of sp³-hybridized carbons (Fsp3) is 0.500. The Morgan fingerprint density at radius 2 is 1.79 bits per heavy atom. The van der Waals surface area contributed by atoms with Gasteiger partial charge in [0, 0.05) is 46.8 Å². The zero-order chi connectivity index (χ0) is 20.5. The Hall–Kier alpha value is -2.72. The van der Waals surface area contributed by atoms with Gasteiger partial charge in [0.05, 0.1) is 6.33 Å². The maximum absolute atomic E-state index is 12.7. The molecule has 0 amide bonds. The van der Waals surface area contributed by atoms with Crippen LogP contribution in [0.4, 0.5) is 5.82 Å². The summed E-state index contributed by atoms with van der Waals surface area (Å²) in [6.45, 7) is 4.67. The number of hydrogen-bond donors (Lipinski definition) is 0. The molecule has 1 aliphatic heterocycles. The summed E-state index contributed by atoms with van der Waals surface area (Å²) in [7, 11) is 3.41. The Morgan fingerprint density at radius 1 is 1.03 bits per heavy atom. The van der Waals surface area contributed by atoms with Gasteiger partial charge in [0.15, 0.2) is 22.1 Å². The van der Waals surface area contributed by atoms with E-state index in [0.717, 1.165) is 45.0 Å². The van der Waals surface area contributed by atoms with Crippen LogP contribution in [-0.2, 0) is 20.6 Å². The van der Waals surface area contributed by atoms with E-state index in [4.69, 9.17) is 11.6 Å². The molecular formula is C18H23ClN8O2. The van der Waals surface area contributed by atoms with E-state index >= 15 is 0 Å². The average molecular weight is 419 g/mol. The second-order valence-corrected chi connectivity index (χ2v) is 7.61. The van der Waals surface area contributed by atoms with Crippen molar-refractivity contribution in [1.82, 2.24) is 33.8 Å². The van der Waals surface area contributed by atoms with E-state index in [1.54, 1.807) is 31.1 Å². The topological polar surface area (TPSA) is 94.1 Å². The Balaban J connectivity index is 1.37. The van der Waals surface area contributed by atoms with Crippen LogP contribution >= 0.6 is 11.6 Å². The molecule has 10 nitrogen and oxygen atoms in total. The summed E-state index contributed by atoms with van der Waals surface area (Å²) in [6, 6.07) is 3.62. The number of fused-ring (bicyclic) bond motifs is 1. The van der Waals surface area contributed by atoms with Crippen LogP contribution in [0, 0.1) is 0 Å². The van der Waals surface area contributed by atoms with E-state index in [-0.39, 0.29) is 11.2 Å². The molecule has 154 valence electrons. The molecule has 0 N–H and O–H groups in total. The summed E-state index contributed by atoms with van der Waals surface area (Å²) in [5.41, 5.74) is 0.256. The van der Waals surface area contributed by atoms with Gasteiger partial charge in [-0.25, -0.2) is 9.78 Å². The molecule has 0 spiro atoms. The molecule has 3 aromatic rings. The molecule has 1 fully saturated rings. The van der Waals surface area contributed by atoms with Crippen molar-refractivity contribution in [3.63, 3.8) is 0 Å². The van der Waals surface area contributed by atoms with Gasteiger partial charge in [-0.3, -0.25) is 18.8 Å². The third kappa shape index (κ3) is 3.77. The first kappa shape index (κ1) is 19.6. The quantitative estimate of drug-likeness (QED) is 0.579. The molecule has 1 saturated heterocycles. The Kier molecular flexibility index (Phi) is 5.37. The predicted molar refractivity (Wildman–Crippen MR) is 111 cm³/mol. The number of hydrogen-bond acceptors (Lipinski definition) is 7. The zero-order valence-corrected chi connectivity index (χ0v) is 17.2. The lowest BCUT2D eigenvalue weighted by atomic mass is 10.3. The molecule has 0 aliphatic carbocycles. The van der Waals surface area contributed by atoms with Gasteiger partial charge in [-0.15, -0.1) is 10.2 Å². The molecule has 0 saturated carbocycles. The molecule has 1 aliphatic rings. The summed E-state index contributed by atoms with van der Waals surface area (Å²) < 4.78 is 4.40. The Labute approximate surface area is 172 Å². The first-order valence-corrected chi connectivity index (χ1v) is 9.91. The van der Waals surface area contributed by atoms with E-state index in [2.05, 4.69) is 25.0 Å². The van der Waals surface area contributed by atoms with Crippen LogP contribution in [0.3, 0.4) is 0 Å². The van der Waals surface area contributed by atoms with Crippen molar-refractivity contribution < 1.29 is 0 Å². The zero-order valence-electron chi connectivity index (χ0n) is 16.5. The van der Waals surface area contributed by atoms with E-state index in [9.17, 15) is 9.59 Å².